The number of carbonyl (C=O) groups excluding carboxylic acids is 1. The molecular formula is C19H23N3O3S. The first-order valence-electron chi connectivity index (χ1n) is 8.50. The Morgan fingerprint density at radius 1 is 1.19 bits per heavy atom. The summed E-state index contributed by atoms with van der Waals surface area (Å²) in [6.07, 6.45) is 2.51. The SMILES string of the molecule is CN(C)C(=O)c1cccc(S(=O)(=O)NC2CCCc3cc(N)ccc32)c1. The largest absolute Gasteiger partial charge is 0.399 e. The Bertz CT molecular complexity index is 939. The van der Waals surface area contributed by atoms with E-state index in [0.717, 1.165) is 30.4 Å². The highest BCUT2D eigenvalue weighted by Crippen LogP contribution is 2.32. The van der Waals surface area contributed by atoms with Gasteiger partial charge in [0.25, 0.3) is 5.91 Å². The lowest BCUT2D eigenvalue weighted by atomic mass is 9.88. The first kappa shape index (κ1) is 18.4. The molecule has 0 aromatic heterocycles. The highest BCUT2D eigenvalue weighted by Gasteiger charge is 2.26. The third-order valence-corrected chi connectivity index (χ3v) is 6.05. The number of nitrogens with zero attached hydrogens (tertiary/aromatic N) is 1. The maximum absolute atomic E-state index is 12.9. The van der Waals surface area contributed by atoms with E-state index in [2.05, 4.69) is 4.72 Å². The molecule has 0 heterocycles. The minimum atomic E-state index is -3.75. The summed E-state index contributed by atoms with van der Waals surface area (Å²) in [6, 6.07) is 11.4. The molecule has 0 saturated carbocycles. The molecule has 1 aliphatic rings. The molecule has 3 rings (SSSR count). The molecule has 0 aliphatic heterocycles. The van der Waals surface area contributed by atoms with Crippen molar-refractivity contribution in [1.29, 1.82) is 0 Å². The highest BCUT2D eigenvalue weighted by molar-refractivity contribution is 7.89. The van der Waals surface area contributed by atoms with Crippen molar-refractivity contribution in [3.63, 3.8) is 0 Å². The minimum absolute atomic E-state index is 0.0905. The molecule has 1 amide bonds. The fraction of sp³-hybridized carbons (Fsp3) is 0.316. The number of rotatable bonds is 4. The molecule has 6 nitrogen and oxygen atoms in total. The second-order valence-corrected chi connectivity index (χ2v) is 8.47. The zero-order valence-electron chi connectivity index (χ0n) is 14.9. The van der Waals surface area contributed by atoms with E-state index in [9.17, 15) is 13.2 Å². The molecule has 1 aliphatic carbocycles. The van der Waals surface area contributed by atoms with E-state index >= 15 is 0 Å². The van der Waals surface area contributed by atoms with Crippen LogP contribution >= 0.6 is 0 Å². The predicted molar refractivity (Wildman–Crippen MR) is 101 cm³/mol. The number of fused-ring (bicyclic) bond motifs is 1. The maximum atomic E-state index is 12.9. The number of hydrogen-bond donors (Lipinski definition) is 2. The van der Waals surface area contributed by atoms with Crippen molar-refractivity contribution >= 4 is 21.6 Å². The molecule has 0 saturated heterocycles. The molecule has 0 spiro atoms. The van der Waals surface area contributed by atoms with Crippen LogP contribution in [0.25, 0.3) is 0 Å². The molecule has 0 radical (unpaired) electrons. The molecule has 1 unspecified atom stereocenters. The maximum Gasteiger partial charge on any atom is 0.253 e. The molecule has 0 bridgehead atoms. The highest BCUT2D eigenvalue weighted by atomic mass is 32.2. The van der Waals surface area contributed by atoms with Gasteiger partial charge in [0.1, 0.15) is 0 Å². The average molecular weight is 373 g/mol. The lowest BCUT2D eigenvalue weighted by molar-refractivity contribution is 0.0827. The number of nitrogens with two attached hydrogens (primary N) is 1. The topological polar surface area (TPSA) is 92.5 Å². The van der Waals surface area contributed by atoms with Gasteiger partial charge in [0.2, 0.25) is 10.0 Å². The zero-order chi connectivity index (χ0) is 18.9. The Labute approximate surface area is 154 Å². The predicted octanol–water partition coefficient (Wildman–Crippen LogP) is 2.33. The van der Waals surface area contributed by atoms with E-state index in [4.69, 9.17) is 5.73 Å². The van der Waals surface area contributed by atoms with E-state index in [0.29, 0.717) is 11.3 Å². The van der Waals surface area contributed by atoms with Crippen LogP contribution in [0.4, 0.5) is 5.69 Å². The second kappa shape index (κ2) is 7.09. The number of amides is 1. The Balaban J connectivity index is 1.89. The molecule has 0 fully saturated rings. The molecular weight excluding hydrogens is 350 g/mol. The Morgan fingerprint density at radius 3 is 2.69 bits per heavy atom. The summed E-state index contributed by atoms with van der Waals surface area (Å²) in [4.78, 5) is 13.6. The molecule has 138 valence electrons. The van der Waals surface area contributed by atoms with Crippen molar-refractivity contribution in [3.05, 3.63) is 59.2 Å². The van der Waals surface area contributed by atoms with Gasteiger partial charge in [-0.25, -0.2) is 13.1 Å². The van der Waals surface area contributed by atoms with Gasteiger partial charge in [0, 0.05) is 31.4 Å². The van der Waals surface area contributed by atoms with E-state index in [1.807, 2.05) is 12.1 Å². The first-order chi connectivity index (χ1) is 12.3. The quantitative estimate of drug-likeness (QED) is 0.805. The molecule has 3 N–H and O–H groups in total. The number of carbonyl (C=O) groups is 1. The molecule has 26 heavy (non-hydrogen) atoms. The molecule has 1 atom stereocenters. The fourth-order valence-corrected chi connectivity index (χ4v) is 4.56. The van der Waals surface area contributed by atoms with Crippen LogP contribution in [0.2, 0.25) is 0 Å². The Morgan fingerprint density at radius 2 is 1.96 bits per heavy atom. The summed E-state index contributed by atoms with van der Waals surface area (Å²) < 4.78 is 28.5. The molecule has 2 aromatic carbocycles. The summed E-state index contributed by atoms with van der Waals surface area (Å²) in [6.45, 7) is 0. The average Bonchev–Trinajstić information content (AvgIpc) is 2.60. The van der Waals surface area contributed by atoms with Gasteiger partial charge < -0.3 is 10.6 Å². The van der Waals surface area contributed by atoms with Crippen LogP contribution < -0.4 is 10.5 Å². The smallest absolute Gasteiger partial charge is 0.253 e. The lowest BCUT2D eigenvalue weighted by Gasteiger charge is -2.26. The van der Waals surface area contributed by atoms with Crippen molar-refractivity contribution in [2.24, 2.45) is 0 Å². The second-order valence-electron chi connectivity index (χ2n) is 6.75. The van der Waals surface area contributed by atoms with Crippen molar-refractivity contribution in [2.75, 3.05) is 19.8 Å². The van der Waals surface area contributed by atoms with Gasteiger partial charge in [0.15, 0.2) is 0 Å². The number of sulfonamides is 1. The summed E-state index contributed by atoms with van der Waals surface area (Å²) in [7, 11) is -0.484. The number of hydrogen-bond acceptors (Lipinski definition) is 4. The summed E-state index contributed by atoms with van der Waals surface area (Å²) in [5.74, 6) is -0.236. The van der Waals surface area contributed by atoms with Crippen molar-refractivity contribution in [3.8, 4) is 0 Å². The summed E-state index contributed by atoms with van der Waals surface area (Å²) in [5.41, 5.74) is 8.92. The van der Waals surface area contributed by atoms with Crippen molar-refractivity contribution in [2.45, 2.75) is 30.2 Å². The number of aryl methyl sites for hydroxylation is 1. The van der Waals surface area contributed by atoms with Crippen molar-refractivity contribution in [1.82, 2.24) is 9.62 Å². The van der Waals surface area contributed by atoms with Crippen LogP contribution in [0, 0.1) is 0 Å². The van der Waals surface area contributed by atoms with Crippen LogP contribution in [0.15, 0.2) is 47.4 Å². The molecule has 2 aromatic rings. The van der Waals surface area contributed by atoms with E-state index in [1.165, 1.54) is 17.0 Å². The van der Waals surface area contributed by atoms with Gasteiger partial charge in [-0.3, -0.25) is 4.79 Å². The summed E-state index contributed by atoms with van der Waals surface area (Å²) in [5, 5.41) is 0. The lowest BCUT2D eigenvalue weighted by Crippen LogP contribution is -2.31. The van der Waals surface area contributed by atoms with Crippen molar-refractivity contribution < 1.29 is 13.2 Å². The van der Waals surface area contributed by atoms with Gasteiger partial charge in [0.05, 0.1) is 4.90 Å². The first-order valence-corrected chi connectivity index (χ1v) is 9.98. The number of nitrogens with one attached hydrogen (secondary N) is 1. The van der Waals surface area contributed by atoms with E-state index in [-0.39, 0.29) is 16.8 Å². The van der Waals surface area contributed by atoms with Gasteiger partial charge in [-0.2, -0.15) is 0 Å². The van der Waals surface area contributed by atoms with Crippen LogP contribution in [0.3, 0.4) is 0 Å². The van der Waals surface area contributed by atoms with Gasteiger partial charge in [-0.1, -0.05) is 12.1 Å². The number of nitrogen functional groups attached to an aromatic ring is 1. The van der Waals surface area contributed by atoms with Crippen LogP contribution in [-0.2, 0) is 16.4 Å². The number of anilines is 1. The molecule has 7 heteroatoms. The van der Waals surface area contributed by atoms with Crippen LogP contribution in [0.5, 0.6) is 0 Å². The standard InChI is InChI=1S/C19H23N3O3S/c1-22(2)19(23)14-6-3-7-16(12-14)26(24,25)21-18-8-4-5-13-11-15(20)9-10-17(13)18/h3,6-7,9-12,18,21H,4-5,8,20H2,1-2H3. The Hall–Kier alpha value is -2.38. The monoisotopic (exact) mass is 373 g/mol. The van der Waals surface area contributed by atoms with Gasteiger partial charge >= 0.3 is 0 Å². The third kappa shape index (κ3) is 3.73. The number of benzene rings is 2. The third-order valence-electron chi connectivity index (χ3n) is 4.58. The van der Waals surface area contributed by atoms with E-state index in [1.54, 1.807) is 32.3 Å². The van der Waals surface area contributed by atoms with Gasteiger partial charge in [-0.05, 0) is 60.7 Å². The van der Waals surface area contributed by atoms with E-state index < -0.39 is 10.0 Å². The fourth-order valence-electron chi connectivity index (χ4n) is 3.27. The van der Waals surface area contributed by atoms with Crippen LogP contribution in [0.1, 0.15) is 40.4 Å². The summed E-state index contributed by atoms with van der Waals surface area (Å²) >= 11 is 0. The van der Waals surface area contributed by atoms with Gasteiger partial charge in [-0.15, -0.1) is 0 Å². The van der Waals surface area contributed by atoms with Crippen LogP contribution in [-0.4, -0.2) is 33.3 Å². The normalized spacial score (nSPS) is 16.8. The minimum Gasteiger partial charge on any atom is -0.399 e. The Kier molecular flexibility index (Phi) is 5.02. The zero-order valence-corrected chi connectivity index (χ0v) is 15.7.